The van der Waals surface area contributed by atoms with Crippen LogP contribution < -0.4 is 10.6 Å². The number of nitrogens with one attached hydrogen (secondary N) is 2. The largest absolute Gasteiger partial charge is 0.354 e. The van der Waals surface area contributed by atoms with Crippen LogP contribution in [0.3, 0.4) is 0 Å². The summed E-state index contributed by atoms with van der Waals surface area (Å²) in [5.74, 6) is 1.17. The minimum absolute atomic E-state index is 0.230. The van der Waals surface area contributed by atoms with Crippen molar-refractivity contribution in [3.8, 4) is 0 Å². The fraction of sp³-hybridized carbons (Fsp3) is 0.933. The van der Waals surface area contributed by atoms with Crippen LogP contribution in [0.15, 0.2) is 0 Å². The highest BCUT2D eigenvalue weighted by Gasteiger charge is 2.38. The van der Waals surface area contributed by atoms with E-state index in [-0.39, 0.29) is 11.4 Å². The number of hydrogen-bond donors (Lipinski definition) is 2. The summed E-state index contributed by atoms with van der Waals surface area (Å²) in [6.45, 7) is 3.96. The van der Waals surface area contributed by atoms with Crippen LogP contribution >= 0.6 is 0 Å². The summed E-state index contributed by atoms with van der Waals surface area (Å²) in [5.41, 5.74) is -0.257. The van der Waals surface area contributed by atoms with Gasteiger partial charge in [0.15, 0.2) is 0 Å². The molecule has 1 unspecified atom stereocenters. The van der Waals surface area contributed by atoms with Gasteiger partial charge < -0.3 is 10.6 Å². The highest BCUT2D eigenvalue weighted by atomic mass is 16.2. The molecule has 2 fully saturated rings. The minimum atomic E-state index is -0.257. The van der Waals surface area contributed by atoms with Crippen molar-refractivity contribution in [3.05, 3.63) is 0 Å². The normalized spacial score (nSPS) is 28.7. The highest BCUT2D eigenvalue weighted by Crippen LogP contribution is 2.28. The van der Waals surface area contributed by atoms with Gasteiger partial charge in [-0.15, -0.1) is 0 Å². The summed E-state index contributed by atoms with van der Waals surface area (Å²) in [6, 6.07) is 0. The number of rotatable bonds is 6. The standard InChI is InChI=1S/C15H28N2O/c1-2-15(10-6-12-17-15)14(18)16-11-5-9-13-7-3-4-8-13/h13,17H,2-12H2,1H3,(H,16,18). The quantitative estimate of drug-likeness (QED) is 0.713. The van der Waals surface area contributed by atoms with Crippen LogP contribution in [0.1, 0.15) is 64.7 Å². The molecular weight excluding hydrogens is 224 g/mol. The van der Waals surface area contributed by atoms with Crippen molar-refractivity contribution in [2.75, 3.05) is 13.1 Å². The van der Waals surface area contributed by atoms with Crippen molar-refractivity contribution >= 4 is 5.91 Å². The topological polar surface area (TPSA) is 41.1 Å². The Morgan fingerprint density at radius 1 is 1.33 bits per heavy atom. The molecule has 0 bridgehead atoms. The molecule has 1 amide bonds. The van der Waals surface area contributed by atoms with E-state index in [1.54, 1.807) is 0 Å². The molecule has 3 nitrogen and oxygen atoms in total. The van der Waals surface area contributed by atoms with Gasteiger partial charge >= 0.3 is 0 Å². The van der Waals surface area contributed by atoms with E-state index in [0.29, 0.717) is 0 Å². The molecule has 2 aliphatic rings. The van der Waals surface area contributed by atoms with Gasteiger partial charge in [0.2, 0.25) is 5.91 Å². The molecule has 0 spiro atoms. The van der Waals surface area contributed by atoms with E-state index >= 15 is 0 Å². The molecule has 3 heteroatoms. The molecule has 1 atom stereocenters. The Balaban J connectivity index is 1.64. The summed E-state index contributed by atoms with van der Waals surface area (Å²) < 4.78 is 0. The van der Waals surface area contributed by atoms with Gasteiger partial charge in [-0.25, -0.2) is 0 Å². The zero-order valence-electron chi connectivity index (χ0n) is 11.8. The van der Waals surface area contributed by atoms with E-state index in [4.69, 9.17) is 0 Å². The fourth-order valence-corrected chi connectivity index (χ4v) is 3.52. The first-order valence-electron chi connectivity index (χ1n) is 7.80. The first-order valence-corrected chi connectivity index (χ1v) is 7.80. The van der Waals surface area contributed by atoms with Crippen LogP contribution in [0.5, 0.6) is 0 Å². The molecule has 1 aliphatic heterocycles. The SMILES string of the molecule is CCC1(C(=O)NCCCC2CCCC2)CCCN1. The predicted octanol–water partition coefficient (Wildman–Crippen LogP) is 2.61. The van der Waals surface area contributed by atoms with Crippen LogP contribution in [-0.4, -0.2) is 24.5 Å². The molecule has 2 rings (SSSR count). The third-order valence-electron chi connectivity index (χ3n) is 4.83. The summed E-state index contributed by atoms with van der Waals surface area (Å²) in [7, 11) is 0. The molecule has 1 saturated heterocycles. The van der Waals surface area contributed by atoms with Crippen molar-refractivity contribution in [2.45, 2.75) is 70.3 Å². The monoisotopic (exact) mass is 252 g/mol. The van der Waals surface area contributed by atoms with Crippen molar-refractivity contribution < 1.29 is 4.79 Å². The zero-order chi connectivity index (χ0) is 12.8. The third kappa shape index (κ3) is 3.25. The first-order chi connectivity index (χ1) is 8.77. The summed E-state index contributed by atoms with van der Waals surface area (Å²) in [6.07, 6.45) is 11.1. The molecule has 0 aromatic rings. The van der Waals surface area contributed by atoms with E-state index in [2.05, 4.69) is 17.6 Å². The van der Waals surface area contributed by atoms with Gasteiger partial charge in [0.25, 0.3) is 0 Å². The van der Waals surface area contributed by atoms with Crippen LogP contribution in [0.2, 0.25) is 0 Å². The molecule has 1 heterocycles. The van der Waals surface area contributed by atoms with Gasteiger partial charge in [-0.1, -0.05) is 32.6 Å². The number of carbonyl (C=O) groups is 1. The Morgan fingerprint density at radius 2 is 2.11 bits per heavy atom. The zero-order valence-corrected chi connectivity index (χ0v) is 11.8. The molecule has 0 radical (unpaired) electrons. The Bertz CT molecular complexity index is 266. The second kappa shape index (κ2) is 6.55. The van der Waals surface area contributed by atoms with Crippen LogP contribution in [0.4, 0.5) is 0 Å². The lowest BCUT2D eigenvalue weighted by atomic mass is 9.93. The van der Waals surface area contributed by atoms with Crippen LogP contribution in [0, 0.1) is 5.92 Å². The van der Waals surface area contributed by atoms with Crippen molar-refractivity contribution in [3.63, 3.8) is 0 Å². The molecular formula is C15H28N2O. The van der Waals surface area contributed by atoms with E-state index in [9.17, 15) is 4.79 Å². The average Bonchev–Trinajstić information content (AvgIpc) is 3.05. The van der Waals surface area contributed by atoms with Gasteiger partial charge in [-0.3, -0.25) is 4.79 Å². The van der Waals surface area contributed by atoms with Gasteiger partial charge in [0.1, 0.15) is 0 Å². The highest BCUT2D eigenvalue weighted by molar-refractivity contribution is 5.86. The maximum absolute atomic E-state index is 12.2. The summed E-state index contributed by atoms with van der Waals surface area (Å²) in [4.78, 5) is 12.2. The molecule has 1 saturated carbocycles. The molecule has 1 aliphatic carbocycles. The van der Waals surface area contributed by atoms with Crippen LogP contribution in [0.25, 0.3) is 0 Å². The van der Waals surface area contributed by atoms with E-state index in [0.717, 1.165) is 44.7 Å². The van der Waals surface area contributed by atoms with E-state index in [1.807, 2.05) is 0 Å². The smallest absolute Gasteiger partial charge is 0.240 e. The maximum Gasteiger partial charge on any atom is 0.240 e. The van der Waals surface area contributed by atoms with Gasteiger partial charge in [-0.05, 0) is 44.6 Å². The van der Waals surface area contributed by atoms with Gasteiger partial charge in [-0.2, -0.15) is 0 Å². The third-order valence-corrected chi connectivity index (χ3v) is 4.83. The Kier molecular flexibility index (Phi) is 5.04. The first kappa shape index (κ1) is 13.9. The minimum Gasteiger partial charge on any atom is -0.354 e. The second-order valence-corrected chi connectivity index (χ2v) is 6.01. The molecule has 104 valence electrons. The number of carbonyl (C=O) groups excluding carboxylic acids is 1. The number of hydrogen-bond acceptors (Lipinski definition) is 2. The predicted molar refractivity (Wildman–Crippen MR) is 74.5 cm³/mol. The second-order valence-electron chi connectivity index (χ2n) is 6.01. The van der Waals surface area contributed by atoms with Crippen molar-refractivity contribution in [1.29, 1.82) is 0 Å². The number of amides is 1. The lowest BCUT2D eigenvalue weighted by molar-refractivity contribution is -0.127. The Hall–Kier alpha value is -0.570. The van der Waals surface area contributed by atoms with E-state index < -0.39 is 0 Å². The Morgan fingerprint density at radius 3 is 2.72 bits per heavy atom. The average molecular weight is 252 g/mol. The summed E-state index contributed by atoms with van der Waals surface area (Å²) in [5, 5.41) is 6.53. The van der Waals surface area contributed by atoms with Crippen LogP contribution in [-0.2, 0) is 4.79 Å². The summed E-state index contributed by atoms with van der Waals surface area (Å²) >= 11 is 0. The molecule has 0 aromatic carbocycles. The maximum atomic E-state index is 12.2. The molecule has 2 N–H and O–H groups in total. The lowest BCUT2D eigenvalue weighted by Crippen LogP contribution is -2.53. The van der Waals surface area contributed by atoms with Crippen molar-refractivity contribution in [2.24, 2.45) is 5.92 Å². The lowest BCUT2D eigenvalue weighted by Gasteiger charge is -2.26. The molecule has 0 aromatic heterocycles. The molecule has 18 heavy (non-hydrogen) atoms. The van der Waals surface area contributed by atoms with E-state index in [1.165, 1.54) is 32.1 Å². The van der Waals surface area contributed by atoms with Gasteiger partial charge in [0.05, 0.1) is 5.54 Å². The Labute approximate surface area is 111 Å². The fourth-order valence-electron chi connectivity index (χ4n) is 3.52. The van der Waals surface area contributed by atoms with Crippen molar-refractivity contribution in [1.82, 2.24) is 10.6 Å². The van der Waals surface area contributed by atoms with Gasteiger partial charge in [0, 0.05) is 6.54 Å².